The third kappa shape index (κ3) is 5.63. The number of hydrogen-bond acceptors (Lipinski definition) is 5. The van der Waals surface area contributed by atoms with Crippen molar-refractivity contribution in [2.45, 2.75) is 44.6 Å². The van der Waals surface area contributed by atoms with Crippen molar-refractivity contribution >= 4 is 18.0 Å². The summed E-state index contributed by atoms with van der Waals surface area (Å²) in [6.07, 6.45) is 0.446. The lowest BCUT2D eigenvalue weighted by atomic mass is 9.98. The molecule has 0 spiro atoms. The fraction of sp³-hybridized carbons (Fsp3) is 0.375. The second kappa shape index (κ2) is 10.6. The largest absolute Gasteiger partial charge is 0.481 e. The molecule has 0 bridgehead atoms. The quantitative estimate of drug-likeness (QED) is 0.439. The minimum absolute atomic E-state index is 0.0650. The standard InChI is InChI=1S/C24H27NO6/c1-2-3-14-30-23(28)21(12-13-22(26)27)25-24(29)31-15-20-18-10-6-4-8-16(18)17-9-5-7-11-19(17)20/h4-11,20-21H,2-3,12-15H2,1H3,(H,25,29)(H,26,27)/t21-/m1/s1. The van der Waals surface area contributed by atoms with Gasteiger partial charge in [-0.15, -0.1) is 0 Å². The molecule has 1 aliphatic rings. The van der Waals surface area contributed by atoms with Crippen LogP contribution < -0.4 is 5.32 Å². The summed E-state index contributed by atoms with van der Waals surface area (Å²) in [5.41, 5.74) is 4.40. The number of unbranched alkanes of at least 4 members (excludes halogenated alkanes) is 1. The molecule has 0 unspecified atom stereocenters. The third-order valence-electron chi connectivity index (χ3n) is 5.31. The molecule has 31 heavy (non-hydrogen) atoms. The lowest BCUT2D eigenvalue weighted by molar-refractivity contribution is -0.146. The van der Waals surface area contributed by atoms with E-state index in [1.807, 2.05) is 55.5 Å². The Hall–Kier alpha value is -3.35. The molecule has 2 aromatic rings. The lowest BCUT2D eigenvalue weighted by Crippen LogP contribution is -2.42. The number of rotatable bonds is 10. The highest BCUT2D eigenvalue weighted by molar-refractivity contribution is 5.82. The number of nitrogens with one attached hydrogen (secondary N) is 1. The number of carboxylic acids is 1. The first kappa shape index (κ1) is 22.3. The number of esters is 1. The highest BCUT2D eigenvalue weighted by atomic mass is 16.6. The Morgan fingerprint density at radius 3 is 2.19 bits per heavy atom. The van der Waals surface area contributed by atoms with E-state index in [2.05, 4.69) is 5.32 Å². The zero-order chi connectivity index (χ0) is 22.2. The molecular weight excluding hydrogens is 398 g/mol. The first-order valence-electron chi connectivity index (χ1n) is 10.5. The van der Waals surface area contributed by atoms with E-state index in [0.29, 0.717) is 6.42 Å². The molecule has 2 N–H and O–H groups in total. The van der Waals surface area contributed by atoms with Gasteiger partial charge in [0.1, 0.15) is 12.6 Å². The van der Waals surface area contributed by atoms with E-state index in [4.69, 9.17) is 14.6 Å². The Morgan fingerprint density at radius 1 is 1.00 bits per heavy atom. The molecule has 0 fully saturated rings. The van der Waals surface area contributed by atoms with Crippen LogP contribution in [-0.4, -0.2) is 42.4 Å². The summed E-state index contributed by atoms with van der Waals surface area (Å²) < 4.78 is 10.6. The van der Waals surface area contributed by atoms with Crippen LogP contribution in [0.2, 0.25) is 0 Å². The Labute approximate surface area is 181 Å². The van der Waals surface area contributed by atoms with E-state index in [-0.39, 0.29) is 32.0 Å². The van der Waals surface area contributed by atoms with Gasteiger partial charge in [0.05, 0.1) is 6.61 Å². The number of amides is 1. The summed E-state index contributed by atoms with van der Waals surface area (Å²) in [6, 6.07) is 14.9. The van der Waals surface area contributed by atoms with Crippen LogP contribution in [0.25, 0.3) is 11.1 Å². The van der Waals surface area contributed by atoms with Crippen LogP contribution in [0.15, 0.2) is 48.5 Å². The molecule has 0 saturated carbocycles. The average Bonchev–Trinajstić information content (AvgIpc) is 3.09. The number of ether oxygens (including phenoxy) is 2. The lowest BCUT2D eigenvalue weighted by Gasteiger charge is -2.19. The van der Waals surface area contributed by atoms with Gasteiger partial charge in [0.25, 0.3) is 0 Å². The molecule has 3 rings (SSSR count). The smallest absolute Gasteiger partial charge is 0.407 e. The Bertz CT molecular complexity index is 896. The first-order valence-corrected chi connectivity index (χ1v) is 10.5. The van der Waals surface area contributed by atoms with Crippen molar-refractivity contribution in [3.63, 3.8) is 0 Å². The number of carbonyl (C=O) groups excluding carboxylic acids is 2. The topological polar surface area (TPSA) is 102 Å². The predicted octanol–water partition coefficient (Wildman–Crippen LogP) is 4.10. The number of aliphatic carboxylic acids is 1. The molecule has 0 heterocycles. The molecule has 0 radical (unpaired) electrons. The summed E-state index contributed by atoms with van der Waals surface area (Å²) in [7, 11) is 0. The second-order valence-corrected chi connectivity index (χ2v) is 7.48. The van der Waals surface area contributed by atoms with Gasteiger partial charge < -0.3 is 19.9 Å². The molecular formula is C24H27NO6. The molecule has 1 amide bonds. The number of carbonyl (C=O) groups is 3. The molecule has 1 aliphatic carbocycles. The number of hydrogen-bond donors (Lipinski definition) is 2. The number of fused-ring (bicyclic) bond motifs is 3. The predicted molar refractivity (Wildman–Crippen MR) is 115 cm³/mol. The second-order valence-electron chi connectivity index (χ2n) is 7.48. The van der Waals surface area contributed by atoms with Crippen LogP contribution >= 0.6 is 0 Å². The molecule has 0 aliphatic heterocycles. The molecule has 7 heteroatoms. The van der Waals surface area contributed by atoms with Gasteiger partial charge in [-0.25, -0.2) is 9.59 Å². The minimum atomic E-state index is -1.07. The van der Waals surface area contributed by atoms with Crippen LogP contribution in [0.4, 0.5) is 4.79 Å². The van der Waals surface area contributed by atoms with Gasteiger partial charge in [-0.3, -0.25) is 4.79 Å². The van der Waals surface area contributed by atoms with Crippen molar-refractivity contribution in [3.05, 3.63) is 59.7 Å². The summed E-state index contributed by atoms with van der Waals surface area (Å²) in [6.45, 7) is 2.30. The van der Waals surface area contributed by atoms with E-state index in [1.165, 1.54) is 0 Å². The minimum Gasteiger partial charge on any atom is -0.481 e. The number of benzene rings is 2. The molecule has 2 aromatic carbocycles. The van der Waals surface area contributed by atoms with Gasteiger partial charge in [-0.2, -0.15) is 0 Å². The Morgan fingerprint density at radius 2 is 1.61 bits per heavy atom. The van der Waals surface area contributed by atoms with Gasteiger partial charge in [-0.1, -0.05) is 61.9 Å². The summed E-state index contributed by atoms with van der Waals surface area (Å²) in [5.74, 6) is -1.81. The molecule has 7 nitrogen and oxygen atoms in total. The molecule has 164 valence electrons. The van der Waals surface area contributed by atoms with E-state index in [1.54, 1.807) is 0 Å². The Balaban J connectivity index is 1.63. The van der Waals surface area contributed by atoms with Gasteiger partial charge in [0.2, 0.25) is 0 Å². The highest BCUT2D eigenvalue weighted by Crippen LogP contribution is 2.44. The Kier molecular flexibility index (Phi) is 7.65. The van der Waals surface area contributed by atoms with Crippen LogP contribution in [0.1, 0.15) is 49.7 Å². The van der Waals surface area contributed by atoms with Crippen LogP contribution in [-0.2, 0) is 19.1 Å². The van der Waals surface area contributed by atoms with Crippen LogP contribution in [0.5, 0.6) is 0 Å². The van der Waals surface area contributed by atoms with E-state index in [9.17, 15) is 14.4 Å². The zero-order valence-corrected chi connectivity index (χ0v) is 17.5. The summed E-state index contributed by atoms with van der Waals surface area (Å²) >= 11 is 0. The van der Waals surface area contributed by atoms with Crippen LogP contribution in [0, 0.1) is 0 Å². The zero-order valence-electron chi connectivity index (χ0n) is 17.5. The van der Waals surface area contributed by atoms with Gasteiger partial charge >= 0.3 is 18.0 Å². The fourth-order valence-corrected chi connectivity index (χ4v) is 3.72. The maximum absolute atomic E-state index is 12.4. The van der Waals surface area contributed by atoms with Crippen molar-refractivity contribution < 1.29 is 29.0 Å². The normalized spacial score (nSPS) is 13.1. The van der Waals surface area contributed by atoms with Crippen molar-refractivity contribution in [1.29, 1.82) is 0 Å². The number of carboxylic acid groups (broad SMARTS) is 1. The third-order valence-corrected chi connectivity index (χ3v) is 5.31. The van der Waals surface area contributed by atoms with Crippen LogP contribution in [0.3, 0.4) is 0 Å². The van der Waals surface area contributed by atoms with Gasteiger partial charge in [0, 0.05) is 12.3 Å². The van der Waals surface area contributed by atoms with E-state index in [0.717, 1.165) is 28.7 Å². The summed E-state index contributed by atoms with van der Waals surface area (Å²) in [4.78, 5) is 35.6. The highest BCUT2D eigenvalue weighted by Gasteiger charge is 2.30. The fourth-order valence-electron chi connectivity index (χ4n) is 3.72. The van der Waals surface area contributed by atoms with Gasteiger partial charge in [-0.05, 0) is 35.1 Å². The van der Waals surface area contributed by atoms with Crippen molar-refractivity contribution in [1.82, 2.24) is 5.32 Å². The van der Waals surface area contributed by atoms with Crippen molar-refractivity contribution in [2.75, 3.05) is 13.2 Å². The summed E-state index contributed by atoms with van der Waals surface area (Å²) in [5, 5.41) is 11.4. The maximum Gasteiger partial charge on any atom is 0.407 e. The average molecular weight is 425 g/mol. The van der Waals surface area contributed by atoms with E-state index < -0.39 is 24.1 Å². The molecule has 0 aromatic heterocycles. The van der Waals surface area contributed by atoms with Crippen molar-refractivity contribution in [3.8, 4) is 11.1 Å². The van der Waals surface area contributed by atoms with Crippen molar-refractivity contribution in [2.24, 2.45) is 0 Å². The SMILES string of the molecule is CCCCOC(=O)[C@@H](CCC(=O)O)NC(=O)OCC1c2ccccc2-c2ccccc21. The molecule has 0 saturated heterocycles. The van der Waals surface area contributed by atoms with E-state index >= 15 is 0 Å². The first-order chi connectivity index (χ1) is 15.0. The number of alkyl carbamates (subject to hydrolysis) is 1. The van der Waals surface area contributed by atoms with Gasteiger partial charge in [0.15, 0.2) is 0 Å². The monoisotopic (exact) mass is 425 g/mol. The maximum atomic E-state index is 12.4. The molecule has 1 atom stereocenters.